The van der Waals surface area contributed by atoms with Crippen LogP contribution in [0.2, 0.25) is 0 Å². The molecular formula is C31H32O4. The molecule has 1 N–H and O–H groups in total. The molecule has 0 saturated carbocycles. The third-order valence-corrected chi connectivity index (χ3v) is 7.85. The number of epoxide rings is 1. The summed E-state index contributed by atoms with van der Waals surface area (Å²) in [5, 5.41) is 9.15. The van der Waals surface area contributed by atoms with E-state index in [1.807, 2.05) is 0 Å². The second kappa shape index (κ2) is 9.52. The summed E-state index contributed by atoms with van der Waals surface area (Å²) in [4.78, 5) is 0. The number of rotatable bonds is 9. The Kier molecular flexibility index (Phi) is 6.09. The molecule has 4 atom stereocenters. The highest BCUT2D eigenvalue weighted by Gasteiger charge is 2.54. The smallest absolute Gasteiger partial charge is 0.119 e. The van der Waals surface area contributed by atoms with Gasteiger partial charge in [0.1, 0.15) is 18.1 Å². The van der Waals surface area contributed by atoms with Crippen LogP contribution >= 0.6 is 0 Å². The third-order valence-electron chi connectivity index (χ3n) is 7.85. The standard InChI is InChI=1S/C31H32O4/c32-18-20-34-25-15-11-23(12-16-25)31(22-9-13-24(14-10-22)33-19-17-26-21-35-26)29-7-3-1-5-27(29)28-6-2-4-8-30(28)31/h1-7,9-11,13-16,23,26,30,32H,8,12,17-21H2. The van der Waals surface area contributed by atoms with Gasteiger partial charge in [0, 0.05) is 17.8 Å². The van der Waals surface area contributed by atoms with Gasteiger partial charge in [0.05, 0.1) is 25.9 Å². The SMILES string of the molecule is OCCOC1=CCC(C2(c3ccc(OCCC4CO4)cc3)c3ccccc3C3=CC=CCC32)C=C1. The molecule has 1 saturated heterocycles. The van der Waals surface area contributed by atoms with E-state index in [2.05, 4.69) is 85.0 Å². The van der Waals surface area contributed by atoms with E-state index in [9.17, 15) is 0 Å². The molecule has 0 amide bonds. The summed E-state index contributed by atoms with van der Waals surface area (Å²) in [5.74, 6) is 2.41. The number of fused-ring (bicyclic) bond motifs is 3. The summed E-state index contributed by atoms with van der Waals surface area (Å²) in [6.45, 7) is 1.90. The van der Waals surface area contributed by atoms with Gasteiger partial charge < -0.3 is 19.3 Å². The first-order valence-corrected chi connectivity index (χ1v) is 12.7. The predicted octanol–water partition coefficient (Wildman–Crippen LogP) is 5.58. The van der Waals surface area contributed by atoms with Crippen LogP contribution in [0.5, 0.6) is 5.75 Å². The number of ether oxygens (including phenoxy) is 3. The van der Waals surface area contributed by atoms with Crippen LogP contribution in [0, 0.1) is 11.8 Å². The molecule has 6 rings (SSSR count). The fraction of sp³-hybridized carbons (Fsp3) is 0.355. The molecule has 35 heavy (non-hydrogen) atoms. The van der Waals surface area contributed by atoms with Gasteiger partial charge in [-0.15, -0.1) is 0 Å². The highest BCUT2D eigenvalue weighted by atomic mass is 16.6. The average molecular weight is 469 g/mol. The van der Waals surface area contributed by atoms with Gasteiger partial charge in [-0.3, -0.25) is 0 Å². The Hall–Kier alpha value is -3.08. The largest absolute Gasteiger partial charge is 0.493 e. The fourth-order valence-electron chi connectivity index (χ4n) is 6.23. The summed E-state index contributed by atoms with van der Waals surface area (Å²) in [6.07, 6.45) is 16.7. The summed E-state index contributed by atoms with van der Waals surface area (Å²) in [6, 6.07) is 17.7. The van der Waals surface area contributed by atoms with Crippen molar-refractivity contribution in [3.8, 4) is 5.75 Å². The second-order valence-corrected chi connectivity index (χ2v) is 9.75. The molecule has 0 radical (unpaired) electrons. The van der Waals surface area contributed by atoms with Crippen LogP contribution in [-0.4, -0.2) is 37.6 Å². The zero-order valence-electron chi connectivity index (χ0n) is 19.9. The molecule has 4 nitrogen and oxygen atoms in total. The third kappa shape index (κ3) is 4.05. The maximum Gasteiger partial charge on any atom is 0.119 e. The van der Waals surface area contributed by atoms with Crippen LogP contribution in [0.15, 0.2) is 90.7 Å². The van der Waals surface area contributed by atoms with E-state index < -0.39 is 0 Å². The molecule has 1 fully saturated rings. The molecule has 2 aromatic carbocycles. The molecule has 0 bridgehead atoms. The molecule has 180 valence electrons. The molecule has 1 heterocycles. The molecule has 1 aliphatic heterocycles. The normalized spacial score (nSPS) is 28.1. The number of hydrogen-bond acceptors (Lipinski definition) is 4. The topological polar surface area (TPSA) is 51.2 Å². The van der Waals surface area contributed by atoms with Crippen molar-refractivity contribution < 1.29 is 19.3 Å². The first kappa shape index (κ1) is 22.4. The molecule has 3 aliphatic carbocycles. The first-order valence-electron chi connectivity index (χ1n) is 12.7. The van der Waals surface area contributed by atoms with Gasteiger partial charge in [0.25, 0.3) is 0 Å². The van der Waals surface area contributed by atoms with Crippen molar-refractivity contribution in [3.63, 3.8) is 0 Å². The first-order chi connectivity index (χ1) is 17.3. The molecule has 4 unspecified atom stereocenters. The predicted molar refractivity (Wildman–Crippen MR) is 137 cm³/mol. The van der Waals surface area contributed by atoms with Crippen LogP contribution in [0.4, 0.5) is 0 Å². The van der Waals surface area contributed by atoms with Crippen LogP contribution in [0.1, 0.15) is 36.0 Å². The number of aliphatic hydroxyl groups excluding tert-OH is 1. The van der Waals surface area contributed by atoms with Crippen LogP contribution in [0.3, 0.4) is 0 Å². The van der Waals surface area contributed by atoms with Crippen LogP contribution in [-0.2, 0) is 14.9 Å². The lowest BCUT2D eigenvalue weighted by molar-refractivity contribution is 0.149. The zero-order valence-corrected chi connectivity index (χ0v) is 19.9. The molecule has 0 aromatic heterocycles. The summed E-state index contributed by atoms with van der Waals surface area (Å²) < 4.78 is 17.0. The lowest BCUT2D eigenvalue weighted by Crippen LogP contribution is -2.40. The fourth-order valence-corrected chi connectivity index (χ4v) is 6.23. The summed E-state index contributed by atoms with van der Waals surface area (Å²) >= 11 is 0. The van der Waals surface area contributed by atoms with Crippen molar-refractivity contribution in [3.05, 3.63) is 107 Å². The zero-order chi connectivity index (χ0) is 23.7. The van der Waals surface area contributed by atoms with Crippen molar-refractivity contribution in [1.82, 2.24) is 0 Å². The van der Waals surface area contributed by atoms with Gasteiger partial charge in [-0.25, -0.2) is 0 Å². The van der Waals surface area contributed by atoms with E-state index in [1.165, 1.54) is 22.3 Å². The number of benzene rings is 2. The van der Waals surface area contributed by atoms with Crippen molar-refractivity contribution in [2.24, 2.45) is 11.8 Å². The second-order valence-electron chi connectivity index (χ2n) is 9.75. The van der Waals surface area contributed by atoms with E-state index in [0.29, 0.717) is 25.2 Å². The van der Waals surface area contributed by atoms with E-state index in [0.717, 1.165) is 37.4 Å². The average Bonchev–Trinajstić information content (AvgIpc) is 3.69. The van der Waals surface area contributed by atoms with Crippen LogP contribution in [0.25, 0.3) is 5.57 Å². The highest BCUT2D eigenvalue weighted by molar-refractivity contribution is 5.82. The molecule has 4 aliphatic rings. The van der Waals surface area contributed by atoms with Crippen molar-refractivity contribution >= 4 is 5.57 Å². The molecular weight excluding hydrogens is 436 g/mol. The van der Waals surface area contributed by atoms with Crippen molar-refractivity contribution in [1.29, 1.82) is 0 Å². The Morgan fingerprint density at radius 3 is 2.63 bits per heavy atom. The minimum absolute atomic E-state index is 0.0244. The van der Waals surface area contributed by atoms with E-state index in [1.54, 1.807) is 0 Å². The van der Waals surface area contributed by atoms with Crippen LogP contribution < -0.4 is 4.74 Å². The minimum atomic E-state index is -0.178. The Morgan fingerprint density at radius 1 is 1.00 bits per heavy atom. The summed E-state index contributed by atoms with van der Waals surface area (Å²) in [7, 11) is 0. The van der Waals surface area contributed by atoms with Gasteiger partial charge in [-0.05, 0) is 65.3 Å². The van der Waals surface area contributed by atoms with Gasteiger partial charge in [0.2, 0.25) is 0 Å². The molecule has 4 heteroatoms. The number of hydrogen-bond donors (Lipinski definition) is 1. The van der Waals surface area contributed by atoms with Gasteiger partial charge in [-0.2, -0.15) is 0 Å². The Labute approximate surface area is 207 Å². The minimum Gasteiger partial charge on any atom is -0.493 e. The van der Waals surface area contributed by atoms with Crippen molar-refractivity contribution in [2.75, 3.05) is 26.4 Å². The number of allylic oxidation sites excluding steroid dienone is 7. The quantitative estimate of drug-likeness (QED) is 0.488. The van der Waals surface area contributed by atoms with Gasteiger partial charge >= 0.3 is 0 Å². The van der Waals surface area contributed by atoms with E-state index >= 15 is 0 Å². The van der Waals surface area contributed by atoms with Gasteiger partial charge in [0.15, 0.2) is 0 Å². The Bertz CT molecular complexity index is 1180. The molecule has 2 aromatic rings. The lowest BCUT2D eigenvalue weighted by Gasteiger charge is -2.44. The van der Waals surface area contributed by atoms with Crippen molar-refractivity contribution in [2.45, 2.75) is 30.8 Å². The highest BCUT2D eigenvalue weighted by Crippen LogP contribution is 2.61. The number of aliphatic hydroxyl groups is 1. The Balaban J connectivity index is 1.39. The van der Waals surface area contributed by atoms with E-state index in [4.69, 9.17) is 19.3 Å². The Morgan fingerprint density at radius 2 is 1.86 bits per heavy atom. The maximum atomic E-state index is 9.15. The van der Waals surface area contributed by atoms with Gasteiger partial charge in [-0.1, -0.05) is 60.7 Å². The monoisotopic (exact) mass is 468 g/mol. The van der Waals surface area contributed by atoms with E-state index in [-0.39, 0.29) is 17.9 Å². The molecule has 0 spiro atoms. The lowest BCUT2D eigenvalue weighted by atomic mass is 9.58. The maximum absolute atomic E-state index is 9.15. The summed E-state index contributed by atoms with van der Waals surface area (Å²) in [5.41, 5.74) is 5.36.